The van der Waals surface area contributed by atoms with Gasteiger partial charge in [0, 0.05) is 23.7 Å². The van der Waals surface area contributed by atoms with E-state index in [0.29, 0.717) is 54.3 Å². The minimum absolute atomic E-state index is 0.142. The average molecular weight is 493 g/mol. The number of carbonyl (C=O) groups excluding carboxylic acids is 3. The van der Waals surface area contributed by atoms with E-state index in [4.69, 9.17) is 9.47 Å². The molecule has 0 spiro atoms. The normalized spacial score (nSPS) is 17.0. The van der Waals surface area contributed by atoms with Crippen molar-refractivity contribution in [3.05, 3.63) is 59.9 Å². The first kappa shape index (κ1) is 24.7. The second-order valence-corrected chi connectivity index (χ2v) is 8.19. The van der Waals surface area contributed by atoms with E-state index in [0.717, 1.165) is 5.56 Å². The number of nitrogens with zero attached hydrogens (tertiary/aromatic N) is 2. The Bertz CT molecular complexity index is 1200. The van der Waals surface area contributed by atoms with Crippen LogP contribution >= 0.6 is 0 Å². The third-order valence-electron chi connectivity index (χ3n) is 5.75. The third-order valence-corrected chi connectivity index (χ3v) is 5.75. The van der Waals surface area contributed by atoms with Gasteiger partial charge in [0.15, 0.2) is 5.82 Å². The summed E-state index contributed by atoms with van der Waals surface area (Å²) >= 11 is 0. The quantitative estimate of drug-likeness (QED) is 0.433. The molecule has 1 atom stereocenters. The molecule has 0 bridgehead atoms. The zero-order valence-corrected chi connectivity index (χ0v) is 19.9. The Labute approximate surface area is 208 Å². The molecule has 2 aromatic carbocycles. The molecule has 4 rings (SSSR count). The summed E-state index contributed by atoms with van der Waals surface area (Å²) in [5.41, 5.74) is 1.62. The van der Waals surface area contributed by atoms with Crippen molar-refractivity contribution in [1.82, 2.24) is 31.1 Å². The van der Waals surface area contributed by atoms with E-state index in [1.807, 2.05) is 0 Å². The van der Waals surface area contributed by atoms with Gasteiger partial charge in [-0.1, -0.05) is 12.1 Å². The van der Waals surface area contributed by atoms with E-state index in [1.54, 1.807) is 42.5 Å². The highest BCUT2D eigenvalue weighted by Gasteiger charge is 2.22. The van der Waals surface area contributed by atoms with Gasteiger partial charge in [-0.3, -0.25) is 19.5 Å². The molecule has 0 fully saturated rings. The zero-order chi connectivity index (χ0) is 25.3. The van der Waals surface area contributed by atoms with E-state index >= 15 is 0 Å². The van der Waals surface area contributed by atoms with Crippen LogP contribution in [0.3, 0.4) is 0 Å². The summed E-state index contributed by atoms with van der Waals surface area (Å²) in [6, 6.07) is 11.1. The number of aromatic nitrogens is 3. The van der Waals surface area contributed by atoms with Gasteiger partial charge in [-0.2, -0.15) is 5.10 Å². The molecule has 1 aliphatic heterocycles. The van der Waals surface area contributed by atoms with Gasteiger partial charge in [0.05, 0.1) is 19.2 Å². The molecule has 36 heavy (non-hydrogen) atoms. The molecule has 3 aromatic rings. The maximum atomic E-state index is 12.9. The Kier molecular flexibility index (Phi) is 8.12. The molecule has 4 N–H and O–H groups in total. The monoisotopic (exact) mass is 492 g/mol. The summed E-state index contributed by atoms with van der Waals surface area (Å²) in [7, 11) is 1.53. The number of amides is 3. The van der Waals surface area contributed by atoms with Crippen LogP contribution in [0.25, 0.3) is 11.4 Å². The Morgan fingerprint density at radius 1 is 1.08 bits per heavy atom. The molecule has 1 aliphatic rings. The van der Waals surface area contributed by atoms with Gasteiger partial charge < -0.3 is 25.4 Å². The van der Waals surface area contributed by atoms with E-state index in [-0.39, 0.29) is 30.9 Å². The van der Waals surface area contributed by atoms with Crippen molar-refractivity contribution >= 4 is 17.7 Å². The standard InChI is InChI=1S/C25H28N6O5/c1-35-18-9-10-19-21(14-18)36-13-12-27-25(34)20(4-2-3-11-26-24(19)33)30-23(32)17-7-5-16(6-8-17)22-28-15-29-31-22/h5-10,14-15,20H,2-4,11-13H2,1H3,(H,26,33)(H,27,34)(H,30,32)(H,28,29,31)/t20-/m0/s1. The number of nitrogens with one attached hydrogen (secondary N) is 4. The lowest BCUT2D eigenvalue weighted by Gasteiger charge is -2.20. The molecule has 11 heteroatoms. The first-order valence-electron chi connectivity index (χ1n) is 11.7. The Balaban J connectivity index is 1.40. The number of carbonyl (C=O) groups is 3. The van der Waals surface area contributed by atoms with Gasteiger partial charge >= 0.3 is 0 Å². The highest BCUT2D eigenvalue weighted by molar-refractivity contribution is 5.98. The fourth-order valence-corrected chi connectivity index (χ4v) is 3.80. The topological polar surface area (TPSA) is 147 Å². The van der Waals surface area contributed by atoms with Crippen LogP contribution in [0.5, 0.6) is 11.5 Å². The van der Waals surface area contributed by atoms with Crippen molar-refractivity contribution in [2.75, 3.05) is 26.8 Å². The van der Waals surface area contributed by atoms with Gasteiger partial charge in [-0.15, -0.1) is 0 Å². The van der Waals surface area contributed by atoms with Gasteiger partial charge in [0.2, 0.25) is 5.91 Å². The molecule has 2 heterocycles. The summed E-state index contributed by atoms with van der Waals surface area (Å²) < 4.78 is 11.0. The number of aromatic amines is 1. The predicted molar refractivity (Wildman–Crippen MR) is 131 cm³/mol. The van der Waals surface area contributed by atoms with Crippen LogP contribution in [0.2, 0.25) is 0 Å². The van der Waals surface area contributed by atoms with Crippen molar-refractivity contribution in [1.29, 1.82) is 0 Å². The lowest BCUT2D eigenvalue weighted by Crippen LogP contribution is -2.47. The van der Waals surface area contributed by atoms with Crippen molar-refractivity contribution in [3.8, 4) is 22.9 Å². The SMILES string of the molecule is COc1ccc2c(c1)OCCNC(=O)[C@@H](NC(=O)c1ccc(-c3ncn[nH]3)cc1)CCCCNC2=O. The number of H-pyrrole nitrogens is 1. The number of fused-ring (bicyclic) bond motifs is 1. The van der Waals surface area contributed by atoms with Crippen molar-refractivity contribution in [2.45, 2.75) is 25.3 Å². The smallest absolute Gasteiger partial charge is 0.255 e. The van der Waals surface area contributed by atoms with Crippen LogP contribution in [0, 0.1) is 0 Å². The summed E-state index contributed by atoms with van der Waals surface area (Å²) in [6.45, 7) is 0.772. The van der Waals surface area contributed by atoms with Gasteiger partial charge in [-0.05, 0) is 43.5 Å². The van der Waals surface area contributed by atoms with Crippen LogP contribution in [-0.2, 0) is 4.79 Å². The van der Waals surface area contributed by atoms with E-state index in [1.165, 1.54) is 13.4 Å². The van der Waals surface area contributed by atoms with Crippen LogP contribution in [0.1, 0.15) is 40.0 Å². The molecule has 0 unspecified atom stereocenters. The molecule has 1 aromatic heterocycles. The summed E-state index contributed by atoms with van der Waals surface area (Å²) in [6.07, 6.45) is 3.12. The van der Waals surface area contributed by atoms with Crippen molar-refractivity contribution < 1.29 is 23.9 Å². The zero-order valence-electron chi connectivity index (χ0n) is 19.9. The fourth-order valence-electron chi connectivity index (χ4n) is 3.80. The number of benzene rings is 2. The lowest BCUT2D eigenvalue weighted by molar-refractivity contribution is -0.123. The lowest BCUT2D eigenvalue weighted by atomic mass is 10.1. The Morgan fingerprint density at radius 3 is 2.67 bits per heavy atom. The summed E-state index contributed by atoms with van der Waals surface area (Å²) in [4.78, 5) is 42.4. The highest BCUT2D eigenvalue weighted by atomic mass is 16.5. The molecule has 188 valence electrons. The molecule has 11 nitrogen and oxygen atoms in total. The molecule has 0 saturated carbocycles. The van der Waals surface area contributed by atoms with E-state index < -0.39 is 6.04 Å². The van der Waals surface area contributed by atoms with Gasteiger partial charge in [0.25, 0.3) is 11.8 Å². The van der Waals surface area contributed by atoms with Crippen LogP contribution in [0.4, 0.5) is 0 Å². The molecular weight excluding hydrogens is 464 g/mol. The molecule has 0 aliphatic carbocycles. The maximum absolute atomic E-state index is 12.9. The Hall–Kier alpha value is -4.41. The molecule has 0 saturated heterocycles. The number of methoxy groups -OCH3 is 1. The second kappa shape index (κ2) is 11.8. The summed E-state index contributed by atoms with van der Waals surface area (Å²) in [5, 5.41) is 15.1. The highest BCUT2D eigenvalue weighted by Crippen LogP contribution is 2.25. The maximum Gasteiger partial charge on any atom is 0.255 e. The van der Waals surface area contributed by atoms with Gasteiger partial charge in [-0.25, -0.2) is 4.98 Å². The van der Waals surface area contributed by atoms with Crippen molar-refractivity contribution in [2.24, 2.45) is 0 Å². The second-order valence-electron chi connectivity index (χ2n) is 8.19. The largest absolute Gasteiger partial charge is 0.497 e. The first-order valence-corrected chi connectivity index (χ1v) is 11.7. The third kappa shape index (κ3) is 6.17. The van der Waals surface area contributed by atoms with E-state index in [9.17, 15) is 14.4 Å². The molecule has 3 amide bonds. The number of hydrogen-bond donors (Lipinski definition) is 4. The minimum Gasteiger partial charge on any atom is -0.497 e. The van der Waals surface area contributed by atoms with E-state index in [2.05, 4.69) is 31.1 Å². The number of ether oxygens (including phenoxy) is 2. The van der Waals surface area contributed by atoms with Crippen LogP contribution in [0.15, 0.2) is 48.8 Å². The van der Waals surface area contributed by atoms with Crippen LogP contribution < -0.4 is 25.4 Å². The predicted octanol–water partition coefficient (Wildman–Crippen LogP) is 1.69. The number of hydrogen-bond acceptors (Lipinski definition) is 7. The van der Waals surface area contributed by atoms with Crippen molar-refractivity contribution in [3.63, 3.8) is 0 Å². The van der Waals surface area contributed by atoms with Crippen LogP contribution in [-0.4, -0.2) is 65.8 Å². The molecular formula is C25H28N6O5. The summed E-state index contributed by atoms with van der Waals surface area (Å²) in [5.74, 6) is 0.637. The minimum atomic E-state index is -0.725. The number of rotatable bonds is 4. The van der Waals surface area contributed by atoms with Gasteiger partial charge in [0.1, 0.15) is 30.5 Å². The Morgan fingerprint density at radius 2 is 1.92 bits per heavy atom. The average Bonchev–Trinajstić information content (AvgIpc) is 3.44. The molecule has 0 radical (unpaired) electrons. The fraction of sp³-hybridized carbons (Fsp3) is 0.320. The first-order chi connectivity index (χ1) is 17.5.